The van der Waals surface area contributed by atoms with Gasteiger partial charge in [-0.25, -0.2) is 9.89 Å². The van der Waals surface area contributed by atoms with Crippen LogP contribution in [0.5, 0.6) is 0 Å². The molecular formula is C12H20N4O3S. The molecule has 2 rings (SSSR count). The number of aromatic amines is 1. The molecule has 0 bridgehead atoms. The minimum absolute atomic E-state index is 0.171. The Balaban J connectivity index is 2.06. The van der Waals surface area contributed by atoms with Gasteiger partial charge in [-0.2, -0.15) is 0 Å². The number of hydrogen-bond donors (Lipinski definition) is 2. The molecule has 7 nitrogen and oxygen atoms in total. The summed E-state index contributed by atoms with van der Waals surface area (Å²) in [5, 5.41) is 7.34. The van der Waals surface area contributed by atoms with Gasteiger partial charge in [-0.1, -0.05) is 18.7 Å². The molecule has 2 unspecified atom stereocenters. The summed E-state index contributed by atoms with van der Waals surface area (Å²) in [5.74, 6) is -0.367. The summed E-state index contributed by atoms with van der Waals surface area (Å²) in [7, 11) is 1.35. The van der Waals surface area contributed by atoms with Crippen LogP contribution in [0.1, 0.15) is 32.6 Å². The lowest BCUT2D eigenvalue weighted by molar-refractivity contribution is -0.146. The van der Waals surface area contributed by atoms with Crippen LogP contribution in [-0.2, 0) is 16.1 Å². The molecule has 0 spiro atoms. The van der Waals surface area contributed by atoms with Gasteiger partial charge in [-0.05, 0) is 25.7 Å². The first-order valence-corrected chi connectivity index (χ1v) is 7.57. The number of ether oxygens (including phenoxy) is 1. The summed E-state index contributed by atoms with van der Waals surface area (Å²) in [6.45, 7) is 2.64. The first-order valence-electron chi connectivity index (χ1n) is 6.69. The average Bonchev–Trinajstić information content (AvgIpc) is 2.97. The Labute approximate surface area is 121 Å². The number of rotatable bonds is 5. The predicted octanol–water partition coefficient (Wildman–Crippen LogP) is 0.496. The largest absolute Gasteiger partial charge is 0.468 e. The normalized spacial score (nSPS) is 25.9. The highest BCUT2D eigenvalue weighted by molar-refractivity contribution is 7.99. The van der Waals surface area contributed by atoms with Crippen molar-refractivity contribution in [3.63, 3.8) is 0 Å². The third-order valence-electron chi connectivity index (χ3n) is 3.54. The van der Waals surface area contributed by atoms with Crippen molar-refractivity contribution in [2.45, 2.75) is 55.1 Å². The fourth-order valence-corrected chi connectivity index (χ4v) is 3.80. The topological polar surface area (TPSA) is 103 Å². The second kappa shape index (κ2) is 6.01. The van der Waals surface area contributed by atoms with Crippen molar-refractivity contribution in [2.75, 3.05) is 7.11 Å². The van der Waals surface area contributed by atoms with E-state index in [0.29, 0.717) is 24.5 Å². The van der Waals surface area contributed by atoms with Crippen molar-refractivity contribution in [1.29, 1.82) is 0 Å². The Kier molecular flexibility index (Phi) is 4.54. The Morgan fingerprint density at radius 1 is 1.70 bits per heavy atom. The summed E-state index contributed by atoms with van der Waals surface area (Å²) < 4.78 is 6.38. The van der Waals surface area contributed by atoms with Gasteiger partial charge in [-0.15, -0.1) is 5.10 Å². The van der Waals surface area contributed by atoms with Gasteiger partial charge in [0.1, 0.15) is 5.54 Å². The highest BCUT2D eigenvalue weighted by atomic mass is 32.2. The zero-order valence-corrected chi connectivity index (χ0v) is 12.5. The number of hydrogen-bond acceptors (Lipinski definition) is 6. The molecule has 0 radical (unpaired) electrons. The molecule has 1 fully saturated rings. The molecule has 0 saturated heterocycles. The Hall–Kier alpha value is -1.28. The zero-order valence-electron chi connectivity index (χ0n) is 11.7. The highest BCUT2D eigenvalue weighted by Crippen LogP contribution is 2.38. The van der Waals surface area contributed by atoms with Gasteiger partial charge in [0.05, 0.1) is 7.11 Å². The van der Waals surface area contributed by atoms with E-state index in [1.165, 1.54) is 18.9 Å². The van der Waals surface area contributed by atoms with Crippen molar-refractivity contribution >= 4 is 17.7 Å². The number of nitrogens with two attached hydrogens (primary N) is 1. The molecule has 0 amide bonds. The molecule has 8 heteroatoms. The van der Waals surface area contributed by atoms with Crippen LogP contribution in [0.25, 0.3) is 0 Å². The first kappa shape index (κ1) is 15.1. The molecule has 1 aliphatic rings. The SMILES string of the molecule is CCCn1c(SC2CCC(N)(C(=O)OC)C2)n[nH]c1=O. The average molecular weight is 300 g/mol. The minimum atomic E-state index is -0.904. The summed E-state index contributed by atoms with van der Waals surface area (Å²) in [6.07, 6.45) is 2.81. The van der Waals surface area contributed by atoms with Crippen LogP contribution in [0.15, 0.2) is 9.95 Å². The van der Waals surface area contributed by atoms with Gasteiger partial charge in [-0.3, -0.25) is 9.36 Å². The third-order valence-corrected chi connectivity index (χ3v) is 4.80. The first-order chi connectivity index (χ1) is 9.50. The quantitative estimate of drug-likeness (QED) is 0.767. The molecular weight excluding hydrogens is 280 g/mol. The summed E-state index contributed by atoms with van der Waals surface area (Å²) in [6, 6.07) is 0. The summed E-state index contributed by atoms with van der Waals surface area (Å²) in [5.41, 5.74) is 4.98. The van der Waals surface area contributed by atoms with Crippen LogP contribution in [0.2, 0.25) is 0 Å². The summed E-state index contributed by atoms with van der Waals surface area (Å²) in [4.78, 5) is 23.3. The number of nitrogens with one attached hydrogen (secondary N) is 1. The van der Waals surface area contributed by atoms with Gasteiger partial charge in [0, 0.05) is 11.8 Å². The van der Waals surface area contributed by atoms with E-state index in [1.54, 1.807) is 4.57 Å². The second-order valence-electron chi connectivity index (χ2n) is 5.09. The van der Waals surface area contributed by atoms with Crippen molar-refractivity contribution in [2.24, 2.45) is 5.73 Å². The molecule has 112 valence electrons. The van der Waals surface area contributed by atoms with Crippen molar-refractivity contribution in [3.8, 4) is 0 Å². The molecule has 1 aliphatic carbocycles. The number of esters is 1. The lowest BCUT2D eigenvalue weighted by atomic mass is 10.00. The summed E-state index contributed by atoms with van der Waals surface area (Å²) >= 11 is 1.50. The standard InChI is InChI=1S/C12H20N4O3S/c1-3-6-16-10(18)14-15-11(16)20-8-4-5-12(13,7-8)9(17)19-2/h8H,3-7,13H2,1-2H3,(H,14,18). The molecule has 0 aromatic carbocycles. The van der Waals surface area contributed by atoms with Gasteiger partial charge in [0.2, 0.25) is 0 Å². The fourth-order valence-electron chi connectivity index (χ4n) is 2.48. The van der Waals surface area contributed by atoms with Crippen molar-refractivity contribution in [3.05, 3.63) is 10.5 Å². The maximum atomic E-state index is 11.7. The number of aromatic nitrogens is 3. The van der Waals surface area contributed by atoms with Crippen LogP contribution < -0.4 is 11.4 Å². The smallest absolute Gasteiger partial charge is 0.343 e. The van der Waals surface area contributed by atoms with E-state index in [-0.39, 0.29) is 16.9 Å². The maximum absolute atomic E-state index is 11.7. The Morgan fingerprint density at radius 3 is 3.10 bits per heavy atom. The number of carbonyl (C=O) groups is 1. The highest BCUT2D eigenvalue weighted by Gasteiger charge is 2.43. The van der Waals surface area contributed by atoms with Gasteiger partial charge >= 0.3 is 11.7 Å². The van der Waals surface area contributed by atoms with Crippen LogP contribution >= 0.6 is 11.8 Å². The van der Waals surface area contributed by atoms with Crippen molar-refractivity contribution < 1.29 is 9.53 Å². The van der Waals surface area contributed by atoms with E-state index < -0.39 is 5.54 Å². The van der Waals surface area contributed by atoms with E-state index in [9.17, 15) is 9.59 Å². The monoisotopic (exact) mass is 300 g/mol. The van der Waals surface area contributed by atoms with Crippen LogP contribution in [0.4, 0.5) is 0 Å². The van der Waals surface area contributed by atoms with E-state index in [4.69, 9.17) is 10.5 Å². The Bertz CT molecular complexity index is 541. The Morgan fingerprint density at radius 2 is 2.45 bits per heavy atom. The van der Waals surface area contributed by atoms with Crippen LogP contribution in [-0.4, -0.2) is 38.6 Å². The minimum Gasteiger partial charge on any atom is -0.468 e. The lowest BCUT2D eigenvalue weighted by Crippen LogP contribution is -2.46. The molecule has 0 aliphatic heterocycles. The number of H-pyrrole nitrogens is 1. The van der Waals surface area contributed by atoms with Crippen LogP contribution in [0.3, 0.4) is 0 Å². The number of thioether (sulfide) groups is 1. The fraction of sp³-hybridized carbons (Fsp3) is 0.750. The van der Waals surface area contributed by atoms with E-state index >= 15 is 0 Å². The molecule has 3 N–H and O–H groups in total. The maximum Gasteiger partial charge on any atom is 0.343 e. The third kappa shape index (κ3) is 2.90. The molecule has 1 saturated carbocycles. The number of methoxy groups -OCH3 is 1. The van der Waals surface area contributed by atoms with E-state index in [2.05, 4.69) is 10.2 Å². The van der Waals surface area contributed by atoms with E-state index in [0.717, 1.165) is 12.8 Å². The molecule has 20 heavy (non-hydrogen) atoms. The predicted molar refractivity (Wildman–Crippen MR) is 75.6 cm³/mol. The van der Waals surface area contributed by atoms with Crippen LogP contribution in [0, 0.1) is 0 Å². The van der Waals surface area contributed by atoms with E-state index in [1.807, 2.05) is 6.92 Å². The van der Waals surface area contributed by atoms with Gasteiger partial charge in [0.25, 0.3) is 0 Å². The van der Waals surface area contributed by atoms with Crippen molar-refractivity contribution in [1.82, 2.24) is 14.8 Å². The zero-order chi connectivity index (χ0) is 14.8. The molecule has 2 atom stereocenters. The van der Waals surface area contributed by atoms with Gasteiger partial charge in [0.15, 0.2) is 5.16 Å². The number of carbonyl (C=O) groups excluding carboxylic acids is 1. The molecule has 1 aromatic rings. The number of nitrogens with zero attached hydrogens (tertiary/aromatic N) is 2. The molecule has 1 heterocycles. The van der Waals surface area contributed by atoms with Gasteiger partial charge < -0.3 is 10.5 Å². The molecule has 1 aromatic heterocycles. The second-order valence-corrected chi connectivity index (χ2v) is 6.36. The lowest BCUT2D eigenvalue weighted by Gasteiger charge is -2.20.